The maximum atomic E-state index is 11.9. The summed E-state index contributed by atoms with van der Waals surface area (Å²) in [5.74, 6) is 0.129. The van der Waals surface area contributed by atoms with Crippen molar-refractivity contribution in [3.8, 4) is 0 Å². The van der Waals surface area contributed by atoms with E-state index in [0.29, 0.717) is 24.0 Å². The van der Waals surface area contributed by atoms with Crippen LogP contribution in [0.1, 0.15) is 10.4 Å². The lowest BCUT2D eigenvalue weighted by atomic mass is 10.2. The van der Waals surface area contributed by atoms with E-state index in [4.69, 9.17) is 5.73 Å². The molecule has 1 aliphatic heterocycles. The van der Waals surface area contributed by atoms with Crippen LogP contribution in [0, 0.1) is 0 Å². The summed E-state index contributed by atoms with van der Waals surface area (Å²) in [6, 6.07) is 0.334. The number of carbonyl (C=O) groups is 1. The number of nitrogens with one attached hydrogen (secondary N) is 2. The van der Waals surface area contributed by atoms with Crippen LogP contribution >= 0.6 is 0 Å². The highest BCUT2D eigenvalue weighted by Gasteiger charge is 2.23. The Morgan fingerprint density at radius 3 is 3.06 bits per heavy atom. The lowest BCUT2D eigenvalue weighted by Crippen LogP contribution is -2.54. The van der Waals surface area contributed by atoms with E-state index >= 15 is 0 Å². The van der Waals surface area contributed by atoms with E-state index in [0.717, 1.165) is 19.6 Å². The van der Waals surface area contributed by atoms with Crippen molar-refractivity contribution in [3.05, 3.63) is 11.8 Å². The molecule has 1 fully saturated rings. The number of rotatable bonds is 3. The zero-order valence-corrected chi connectivity index (χ0v) is 10.8. The van der Waals surface area contributed by atoms with Gasteiger partial charge in [-0.25, -0.2) is 0 Å². The summed E-state index contributed by atoms with van der Waals surface area (Å²) in [6.45, 7) is 3.66. The Morgan fingerprint density at radius 2 is 2.39 bits per heavy atom. The van der Waals surface area contributed by atoms with Crippen molar-refractivity contribution < 1.29 is 4.79 Å². The SMILES string of the molecule is CN1CCN(C)C(CNC(=O)c2cn[nH]c2N)C1. The average molecular weight is 252 g/mol. The lowest BCUT2D eigenvalue weighted by molar-refractivity contribution is 0.0882. The average Bonchev–Trinajstić information content (AvgIpc) is 2.76. The van der Waals surface area contributed by atoms with Gasteiger partial charge in [0.05, 0.1) is 6.20 Å². The molecule has 0 aliphatic carbocycles. The van der Waals surface area contributed by atoms with Crippen molar-refractivity contribution in [1.29, 1.82) is 0 Å². The summed E-state index contributed by atoms with van der Waals surface area (Å²) in [4.78, 5) is 16.4. The maximum absolute atomic E-state index is 11.9. The molecule has 1 unspecified atom stereocenters. The normalized spacial score (nSPS) is 22.0. The minimum atomic E-state index is -0.178. The maximum Gasteiger partial charge on any atom is 0.256 e. The number of piperazine rings is 1. The Labute approximate surface area is 106 Å². The fourth-order valence-corrected chi connectivity index (χ4v) is 2.10. The molecular formula is C11H20N6O. The molecule has 0 spiro atoms. The number of nitrogen functional groups attached to an aromatic ring is 1. The first-order chi connectivity index (χ1) is 8.58. The molecule has 2 heterocycles. The van der Waals surface area contributed by atoms with Gasteiger partial charge in [0.1, 0.15) is 11.4 Å². The Kier molecular flexibility index (Phi) is 3.83. The molecule has 0 saturated carbocycles. The van der Waals surface area contributed by atoms with Gasteiger partial charge in [-0.15, -0.1) is 0 Å². The number of nitrogens with two attached hydrogens (primary N) is 1. The smallest absolute Gasteiger partial charge is 0.256 e. The van der Waals surface area contributed by atoms with E-state index in [2.05, 4.69) is 39.4 Å². The number of aromatic nitrogens is 2. The molecule has 1 aliphatic rings. The zero-order valence-electron chi connectivity index (χ0n) is 10.8. The quantitative estimate of drug-likeness (QED) is 0.640. The molecule has 0 radical (unpaired) electrons. The van der Waals surface area contributed by atoms with Crippen molar-refractivity contribution in [2.24, 2.45) is 0 Å². The molecule has 2 rings (SSSR count). The molecule has 7 nitrogen and oxygen atoms in total. The van der Waals surface area contributed by atoms with Crippen LogP contribution in [0.15, 0.2) is 6.20 Å². The van der Waals surface area contributed by atoms with Crippen LogP contribution in [0.4, 0.5) is 5.82 Å². The summed E-state index contributed by atoms with van der Waals surface area (Å²) < 4.78 is 0. The number of aromatic amines is 1. The van der Waals surface area contributed by atoms with Gasteiger partial charge in [0.25, 0.3) is 5.91 Å². The summed E-state index contributed by atoms with van der Waals surface area (Å²) >= 11 is 0. The minimum Gasteiger partial charge on any atom is -0.383 e. The van der Waals surface area contributed by atoms with Gasteiger partial charge in [0.15, 0.2) is 0 Å². The number of hydrogen-bond donors (Lipinski definition) is 3. The third kappa shape index (κ3) is 2.80. The highest BCUT2D eigenvalue weighted by Crippen LogP contribution is 2.07. The first-order valence-corrected chi connectivity index (χ1v) is 6.03. The van der Waals surface area contributed by atoms with Crippen molar-refractivity contribution >= 4 is 11.7 Å². The third-order valence-electron chi connectivity index (χ3n) is 3.39. The summed E-state index contributed by atoms with van der Waals surface area (Å²) in [7, 11) is 4.17. The van der Waals surface area contributed by atoms with Crippen molar-refractivity contribution in [2.75, 3.05) is 46.0 Å². The van der Waals surface area contributed by atoms with Gasteiger partial charge in [-0.05, 0) is 14.1 Å². The van der Waals surface area contributed by atoms with Gasteiger partial charge in [-0.3, -0.25) is 14.8 Å². The minimum absolute atomic E-state index is 0.178. The Hall–Kier alpha value is -1.60. The van der Waals surface area contributed by atoms with Crippen LogP contribution in [0.2, 0.25) is 0 Å². The highest BCUT2D eigenvalue weighted by molar-refractivity contribution is 5.98. The standard InChI is InChI=1S/C11H20N6O/c1-16-3-4-17(2)8(7-16)5-13-11(18)9-6-14-15-10(9)12/h6,8H,3-5,7H2,1-2H3,(H,13,18)(H3,12,14,15). The highest BCUT2D eigenvalue weighted by atomic mass is 16.1. The predicted molar refractivity (Wildman–Crippen MR) is 69.2 cm³/mol. The second-order valence-electron chi connectivity index (χ2n) is 4.80. The number of likely N-dealkylation sites (N-methyl/N-ethyl adjacent to an activating group) is 2. The molecule has 18 heavy (non-hydrogen) atoms. The van der Waals surface area contributed by atoms with Crippen LogP contribution in [-0.4, -0.2) is 72.2 Å². The van der Waals surface area contributed by atoms with E-state index in [9.17, 15) is 4.79 Å². The van der Waals surface area contributed by atoms with Crippen LogP contribution in [0.25, 0.3) is 0 Å². The van der Waals surface area contributed by atoms with Gasteiger partial charge in [-0.1, -0.05) is 0 Å². The fraction of sp³-hybridized carbons (Fsp3) is 0.636. The van der Waals surface area contributed by atoms with E-state index in [-0.39, 0.29) is 5.91 Å². The molecule has 0 aromatic carbocycles. The molecular weight excluding hydrogens is 232 g/mol. The van der Waals surface area contributed by atoms with Crippen LogP contribution in [-0.2, 0) is 0 Å². The van der Waals surface area contributed by atoms with E-state index in [1.807, 2.05) is 0 Å². The summed E-state index contributed by atoms with van der Waals surface area (Å²) in [5, 5.41) is 9.19. The number of anilines is 1. The van der Waals surface area contributed by atoms with Crippen molar-refractivity contribution in [1.82, 2.24) is 25.3 Å². The van der Waals surface area contributed by atoms with E-state index in [1.54, 1.807) is 0 Å². The molecule has 0 bridgehead atoms. The Morgan fingerprint density at radius 1 is 1.61 bits per heavy atom. The van der Waals surface area contributed by atoms with Gasteiger partial charge >= 0.3 is 0 Å². The molecule has 1 saturated heterocycles. The van der Waals surface area contributed by atoms with E-state index < -0.39 is 0 Å². The van der Waals surface area contributed by atoms with Gasteiger partial charge in [0, 0.05) is 32.2 Å². The molecule has 1 aromatic rings. The second-order valence-corrected chi connectivity index (χ2v) is 4.80. The first kappa shape index (κ1) is 12.8. The van der Waals surface area contributed by atoms with Crippen LogP contribution in [0.5, 0.6) is 0 Å². The number of amides is 1. The number of nitrogens with zero attached hydrogens (tertiary/aromatic N) is 3. The number of carbonyl (C=O) groups excluding carboxylic acids is 1. The third-order valence-corrected chi connectivity index (χ3v) is 3.39. The van der Waals surface area contributed by atoms with Gasteiger partial charge in [-0.2, -0.15) is 5.10 Å². The molecule has 1 atom stereocenters. The monoisotopic (exact) mass is 252 g/mol. The Bertz CT molecular complexity index is 417. The summed E-state index contributed by atoms with van der Waals surface area (Å²) in [5.41, 5.74) is 6.01. The topological polar surface area (TPSA) is 90.3 Å². The number of H-pyrrole nitrogens is 1. The van der Waals surface area contributed by atoms with Crippen molar-refractivity contribution in [2.45, 2.75) is 6.04 Å². The van der Waals surface area contributed by atoms with Crippen LogP contribution in [0.3, 0.4) is 0 Å². The lowest BCUT2D eigenvalue weighted by Gasteiger charge is -2.37. The molecule has 1 amide bonds. The van der Waals surface area contributed by atoms with Gasteiger partial charge in [0.2, 0.25) is 0 Å². The molecule has 1 aromatic heterocycles. The number of hydrogen-bond acceptors (Lipinski definition) is 5. The second kappa shape index (κ2) is 5.36. The first-order valence-electron chi connectivity index (χ1n) is 6.03. The largest absolute Gasteiger partial charge is 0.383 e. The molecule has 100 valence electrons. The molecule has 4 N–H and O–H groups in total. The predicted octanol–water partition coefficient (Wildman–Crippen LogP) is -1.03. The summed E-state index contributed by atoms with van der Waals surface area (Å²) in [6.07, 6.45) is 1.45. The van der Waals surface area contributed by atoms with E-state index in [1.165, 1.54) is 6.20 Å². The zero-order chi connectivity index (χ0) is 13.1. The molecule has 7 heteroatoms. The fourth-order valence-electron chi connectivity index (χ4n) is 2.10. The van der Waals surface area contributed by atoms with Crippen molar-refractivity contribution in [3.63, 3.8) is 0 Å². The Balaban J connectivity index is 1.87. The van der Waals surface area contributed by atoms with Crippen LogP contribution < -0.4 is 11.1 Å². The van der Waals surface area contributed by atoms with Gasteiger partial charge < -0.3 is 16.0 Å².